The normalized spacial score (nSPS) is 11.8. The molecular weight excluding hydrogens is 588 g/mol. The Morgan fingerprint density at radius 1 is 0.932 bits per heavy atom. The highest BCUT2D eigenvalue weighted by atomic mass is 32.2. The van der Waals surface area contributed by atoms with Crippen molar-refractivity contribution >= 4 is 43.5 Å². The van der Waals surface area contributed by atoms with Crippen LogP contribution in [-0.2, 0) is 10.0 Å². The molecule has 0 unspecified atom stereocenters. The summed E-state index contributed by atoms with van der Waals surface area (Å²) in [4.78, 5) is 16.5. The van der Waals surface area contributed by atoms with E-state index in [1.165, 1.54) is 49.5 Å². The minimum atomic E-state index is -3.88. The molecule has 0 aliphatic rings. The third-order valence-corrected chi connectivity index (χ3v) is 8.59. The van der Waals surface area contributed by atoms with Crippen molar-refractivity contribution in [3.8, 4) is 33.7 Å². The molecule has 3 N–H and O–H groups in total. The number of aromatic nitrogens is 1. The Morgan fingerprint density at radius 2 is 1.66 bits per heavy atom. The van der Waals surface area contributed by atoms with Crippen LogP contribution >= 0.6 is 0 Å². The van der Waals surface area contributed by atoms with Gasteiger partial charge in [-0.15, -0.1) is 0 Å². The van der Waals surface area contributed by atoms with Crippen LogP contribution < -0.4 is 9.62 Å². The van der Waals surface area contributed by atoms with E-state index in [9.17, 15) is 27.1 Å². The molecule has 4 aromatic carbocycles. The second-order valence-electron chi connectivity index (χ2n) is 10.3. The van der Waals surface area contributed by atoms with Gasteiger partial charge < -0.3 is 19.8 Å². The van der Waals surface area contributed by atoms with Crippen LogP contribution in [0.4, 0.5) is 14.5 Å². The summed E-state index contributed by atoms with van der Waals surface area (Å²) in [7, 11) is -2.40. The molecule has 2 heterocycles. The number of anilines is 1. The minimum absolute atomic E-state index is 0.189. The number of nitrogens with one attached hydrogen (secondary N) is 2. The van der Waals surface area contributed by atoms with Gasteiger partial charge in [0.15, 0.2) is 0 Å². The molecular formula is C33H27F2N3O5S. The molecule has 44 heavy (non-hydrogen) atoms. The Hall–Kier alpha value is -5.00. The van der Waals surface area contributed by atoms with E-state index in [0.29, 0.717) is 27.5 Å². The molecule has 0 fully saturated rings. The van der Waals surface area contributed by atoms with Crippen molar-refractivity contribution in [1.29, 1.82) is 0 Å². The number of aromatic amines is 1. The van der Waals surface area contributed by atoms with Gasteiger partial charge in [0.05, 0.1) is 30.7 Å². The third-order valence-electron chi connectivity index (χ3n) is 7.41. The highest BCUT2D eigenvalue weighted by Crippen LogP contribution is 2.42. The standard InChI is InChI=1S/C33H27F2N3O5S/c1-36-33(40)31-26-17-25(20-4-3-5-21(14-20)28-16-22-15-24(35)10-11-27(22)37-28)29(38(12-13-39)44(2,41)42)18-30(26)43-32(31)19-6-8-23(34)9-7-19/h3-11,14-18,37,39H,12-13H2,1-2H3,(H,36,40). The monoisotopic (exact) mass is 615 g/mol. The zero-order valence-electron chi connectivity index (χ0n) is 23.7. The van der Waals surface area contributed by atoms with Crippen LogP contribution in [0.3, 0.4) is 0 Å². The molecule has 11 heteroatoms. The first kappa shape index (κ1) is 29.1. The van der Waals surface area contributed by atoms with E-state index in [0.717, 1.165) is 27.3 Å². The Labute approximate surface area is 251 Å². The number of furan rings is 1. The lowest BCUT2D eigenvalue weighted by Crippen LogP contribution is -2.33. The summed E-state index contributed by atoms with van der Waals surface area (Å²) < 4.78 is 60.8. The zero-order valence-corrected chi connectivity index (χ0v) is 24.5. The molecule has 0 bridgehead atoms. The van der Waals surface area contributed by atoms with Crippen LogP contribution in [0.1, 0.15) is 10.4 Å². The number of amides is 1. The van der Waals surface area contributed by atoms with Crippen molar-refractivity contribution < 1.29 is 31.5 Å². The van der Waals surface area contributed by atoms with Gasteiger partial charge in [-0.2, -0.15) is 0 Å². The lowest BCUT2D eigenvalue weighted by Gasteiger charge is -2.24. The topological polar surface area (TPSA) is 116 Å². The number of benzene rings is 4. The summed E-state index contributed by atoms with van der Waals surface area (Å²) in [5.41, 5.74) is 4.40. The maximum Gasteiger partial charge on any atom is 0.255 e. The van der Waals surface area contributed by atoms with Crippen molar-refractivity contribution in [3.63, 3.8) is 0 Å². The van der Waals surface area contributed by atoms with Gasteiger partial charge in [0.2, 0.25) is 10.0 Å². The van der Waals surface area contributed by atoms with Crippen LogP contribution in [0.15, 0.2) is 89.3 Å². The highest BCUT2D eigenvalue weighted by molar-refractivity contribution is 7.92. The van der Waals surface area contributed by atoms with Crippen LogP contribution in [-0.4, -0.2) is 50.9 Å². The fourth-order valence-electron chi connectivity index (χ4n) is 5.39. The number of hydrogen-bond donors (Lipinski definition) is 3. The van der Waals surface area contributed by atoms with Gasteiger partial charge in [-0.3, -0.25) is 9.10 Å². The van der Waals surface area contributed by atoms with E-state index in [1.807, 2.05) is 18.2 Å². The molecule has 0 aliphatic heterocycles. The van der Waals surface area contributed by atoms with Gasteiger partial charge >= 0.3 is 0 Å². The second-order valence-corrected chi connectivity index (χ2v) is 12.2. The Balaban J connectivity index is 1.62. The van der Waals surface area contributed by atoms with E-state index in [1.54, 1.807) is 24.3 Å². The Bertz CT molecular complexity index is 2150. The van der Waals surface area contributed by atoms with Crippen LogP contribution in [0.25, 0.3) is 55.6 Å². The number of carbonyl (C=O) groups excluding carboxylic acids is 1. The van der Waals surface area contributed by atoms with E-state index in [-0.39, 0.29) is 35.0 Å². The van der Waals surface area contributed by atoms with Crippen LogP contribution in [0.2, 0.25) is 0 Å². The highest BCUT2D eigenvalue weighted by Gasteiger charge is 2.27. The lowest BCUT2D eigenvalue weighted by atomic mass is 9.96. The summed E-state index contributed by atoms with van der Waals surface area (Å²) in [5.74, 6) is -1.07. The number of aliphatic hydroxyl groups is 1. The number of hydrogen-bond acceptors (Lipinski definition) is 5. The van der Waals surface area contributed by atoms with Gasteiger partial charge in [-0.05, 0) is 71.8 Å². The molecule has 224 valence electrons. The molecule has 2 aromatic heterocycles. The number of carbonyl (C=O) groups is 1. The average molecular weight is 616 g/mol. The molecule has 0 spiro atoms. The first-order valence-electron chi connectivity index (χ1n) is 13.6. The van der Waals surface area contributed by atoms with Crippen molar-refractivity contribution in [3.05, 3.63) is 102 Å². The van der Waals surface area contributed by atoms with E-state index in [4.69, 9.17) is 4.42 Å². The fourth-order valence-corrected chi connectivity index (χ4v) is 6.32. The molecule has 0 aliphatic carbocycles. The van der Waals surface area contributed by atoms with Crippen LogP contribution in [0.5, 0.6) is 0 Å². The summed E-state index contributed by atoms with van der Waals surface area (Å²) in [6.07, 6.45) is 1.04. The number of nitrogens with zero attached hydrogens (tertiary/aromatic N) is 1. The summed E-state index contributed by atoms with van der Waals surface area (Å²) in [6.45, 7) is -0.670. The molecule has 0 saturated carbocycles. The first-order valence-corrected chi connectivity index (χ1v) is 15.5. The summed E-state index contributed by atoms with van der Waals surface area (Å²) >= 11 is 0. The second kappa shape index (κ2) is 11.3. The van der Waals surface area contributed by atoms with Crippen LogP contribution in [0, 0.1) is 11.6 Å². The lowest BCUT2D eigenvalue weighted by molar-refractivity contribution is 0.0964. The fraction of sp³-hybridized carbons (Fsp3) is 0.121. The van der Waals surface area contributed by atoms with Gasteiger partial charge in [0.1, 0.15) is 23.0 Å². The number of rotatable bonds is 8. The Morgan fingerprint density at radius 3 is 2.36 bits per heavy atom. The quantitative estimate of drug-likeness (QED) is 0.186. The zero-order chi connectivity index (χ0) is 31.2. The predicted molar refractivity (Wildman–Crippen MR) is 167 cm³/mol. The number of aliphatic hydroxyl groups excluding tert-OH is 1. The minimum Gasteiger partial charge on any atom is -0.455 e. The smallest absolute Gasteiger partial charge is 0.255 e. The van der Waals surface area contributed by atoms with Crippen molar-refractivity contribution in [1.82, 2.24) is 10.3 Å². The van der Waals surface area contributed by atoms with Gasteiger partial charge in [-0.1, -0.05) is 18.2 Å². The molecule has 0 saturated heterocycles. The van der Waals surface area contributed by atoms with Gasteiger partial charge in [-0.25, -0.2) is 17.2 Å². The van der Waals surface area contributed by atoms with Crippen molar-refractivity contribution in [2.24, 2.45) is 0 Å². The molecule has 0 radical (unpaired) electrons. The number of sulfonamides is 1. The van der Waals surface area contributed by atoms with E-state index in [2.05, 4.69) is 10.3 Å². The SMILES string of the molecule is CNC(=O)c1c(-c2ccc(F)cc2)oc2cc(N(CCO)S(C)(=O)=O)c(-c3cccc(-c4cc5cc(F)ccc5[nH]4)c3)cc12. The molecule has 1 amide bonds. The molecule has 6 aromatic rings. The summed E-state index contributed by atoms with van der Waals surface area (Å²) in [6, 6.07) is 22.3. The number of halogens is 2. The average Bonchev–Trinajstić information content (AvgIpc) is 3.60. The molecule has 8 nitrogen and oxygen atoms in total. The molecule has 0 atom stereocenters. The third kappa shape index (κ3) is 5.31. The first-order chi connectivity index (χ1) is 21.1. The largest absolute Gasteiger partial charge is 0.455 e. The number of fused-ring (bicyclic) bond motifs is 2. The maximum atomic E-state index is 13.8. The van der Waals surface area contributed by atoms with E-state index >= 15 is 0 Å². The Kier molecular flexibility index (Phi) is 7.44. The van der Waals surface area contributed by atoms with E-state index < -0.39 is 28.4 Å². The number of H-pyrrole nitrogens is 1. The molecule has 6 rings (SSSR count). The van der Waals surface area contributed by atoms with Gasteiger partial charge in [0.25, 0.3) is 5.91 Å². The van der Waals surface area contributed by atoms with Crippen molar-refractivity contribution in [2.75, 3.05) is 30.8 Å². The predicted octanol–water partition coefficient (Wildman–Crippen LogP) is 6.31. The van der Waals surface area contributed by atoms with Gasteiger partial charge in [0, 0.05) is 46.2 Å². The van der Waals surface area contributed by atoms with Crippen molar-refractivity contribution in [2.45, 2.75) is 0 Å². The maximum absolute atomic E-state index is 13.8. The summed E-state index contributed by atoms with van der Waals surface area (Å²) in [5, 5.41) is 13.5.